The van der Waals surface area contributed by atoms with Crippen LogP contribution >= 0.6 is 0 Å². The quantitative estimate of drug-likeness (QED) is 0.569. The Morgan fingerprint density at radius 2 is 2.23 bits per heavy atom. The van der Waals surface area contributed by atoms with Crippen LogP contribution < -0.4 is 0 Å². The summed E-state index contributed by atoms with van der Waals surface area (Å²) in [5.41, 5.74) is 0. The molecule has 0 radical (unpaired) electrons. The van der Waals surface area contributed by atoms with E-state index in [-0.39, 0.29) is 12.4 Å². The SMILES string of the molecule is CC(=O)O[13CH2][13c]1[13cH][13cH][13c]([13C](=O)O)o1. The Balaban J connectivity index is 2.59. The van der Waals surface area contributed by atoms with Gasteiger partial charge in [0, 0.05) is 6.92 Å². The lowest BCUT2D eigenvalue weighted by molar-refractivity contribution is -0.142. The smallest absolute Gasteiger partial charge is 0.371 e. The van der Waals surface area contributed by atoms with Crippen molar-refractivity contribution < 1.29 is 23.8 Å². The van der Waals surface area contributed by atoms with E-state index in [1.54, 1.807) is 0 Å². The molecule has 0 atom stereocenters. The fraction of sp³-hybridized carbons (Fsp3) is 0.250. The van der Waals surface area contributed by atoms with Crippen LogP contribution in [-0.2, 0) is 16.1 Å². The average Bonchev–Trinajstić information content (AvgIpc) is 2.48. The summed E-state index contributed by atoms with van der Waals surface area (Å²) in [6.07, 6.45) is 0. The van der Waals surface area contributed by atoms with Crippen LogP contribution in [0.4, 0.5) is 0 Å². The van der Waals surface area contributed by atoms with Crippen molar-refractivity contribution in [2.75, 3.05) is 0 Å². The molecule has 0 aromatic carbocycles. The first-order valence-electron chi connectivity index (χ1n) is 3.55. The molecule has 0 aliphatic heterocycles. The summed E-state index contributed by atoms with van der Waals surface area (Å²) in [5, 5.41) is 8.47. The lowest BCUT2D eigenvalue weighted by Crippen LogP contribution is -1.97. The van der Waals surface area contributed by atoms with Crippen LogP contribution in [0, 0.1) is 0 Å². The molecule has 1 rings (SSSR count). The number of hydrogen-bond acceptors (Lipinski definition) is 4. The van der Waals surface area contributed by atoms with Crippen LogP contribution in [0.15, 0.2) is 16.5 Å². The topological polar surface area (TPSA) is 76.7 Å². The van der Waals surface area contributed by atoms with E-state index in [0.717, 1.165) is 0 Å². The number of esters is 1. The minimum Gasteiger partial charge on any atom is -0.475 e. The number of carboxylic acid groups (broad SMARTS) is 1. The van der Waals surface area contributed by atoms with Crippen LogP contribution in [0.25, 0.3) is 0 Å². The van der Waals surface area contributed by atoms with E-state index in [9.17, 15) is 9.59 Å². The molecule has 0 saturated heterocycles. The summed E-state index contributed by atoms with van der Waals surface area (Å²) in [7, 11) is 0. The van der Waals surface area contributed by atoms with E-state index in [1.807, 2.05) is 0 Å². The van der Waals surface area contributed by atoms with Gasteiger partial charge in [0.25, 0.3) is 0 Å². The predicted molar refractivity (Wildman–Crippen MR) is 41.1 cm³/mol. The second kappa shape index (κ2) is 3.75. The third kappa shape index (κ3) is 2.62. The highest BCUT2D eigenvalue weighted by molar-refractivity contribution is 5.84. The van der Waals surface area contributed by atoms with Crippen molar-refractivity contribution in [3.8, 4) is 0 Å². The molecular weight excluding hydrogens is 182 g/mol. The van der Waals surface area contributed by atoms with Crippen molar-refractivity contribution in [2.24, 2.45) is 0 Å². The predicted octanol–water partition coefficient (Wildman–Crippen LogP) is 1.04. The van der Waals surface area contributed by atoms with Crippen molar-refractivity contribution in [1.82, 2.24) is 0 Å². The molecule has 0 unspecified atom stereocenters. The van der Waals surface area contributed by atoms with Crippen molar-refractivity contribution in [2.45, 2.75) is 13.5 Å². The summed E-state index contributed by atoms with van der Waals surface area (Å²) in [6, 6.07) is 2.76. The Labute approximate surface area is 73.9 Å². The van der Waals surface area contributed by atoms with Crippen LogP contribution in [0.3, 0.4) is 0 Å². The molecule has 70 valence electrons. The normalized spacial score (nSPS) is 9.62. The molecular formula is C8H8O5. The Morgan fingerprint density at radius 1 is 1.54 bits per heavy atom. The largest absolute Gasteiger partial charge is 0.475 e. The first-order chi connectivity index (χ1) is 6.09. The van der Waals surface area contributed by atoms with Crippen LogP contribution in [-0.4, -0.2) is 17.0 Å². The number of carbonyl (C=O) groups is 2. The van der Waals surface area contributed by atoms with Gasteiger partial charge >= 0.3 is 11.9 Å². The van der Waals surface area contributed by atoms with Gasteiger partial charge in [-0.05, 0) is 12.1 Å². The van der Waals surface area contributed by atoms with Crippen molar-refractivity contribution >= 4 is 11.9 Å². The van der Waals surface area contributed by atoms with E-state index in [4.69, 9.17) is 9.52 Å². The number of ether oxygens (including phenoxy) is 1. The van der Waals surface area contributed by atoms with E-state index < -0.39 is 11.9 Å². The summed E-state index contributed by atoms with van der Waals surface area (Å²) >= 11 is 0. The Kier molecular flexibility index (Phi) is 2.69. The summed E-state index contributed by atoms with van der Waals surface area (Å²) < 4.78 is 9.41. The van der Waals surface area contributed by atoms with Gasteiger partial charge in [0.1, 0.15) is 12.4 Å². The average molecular weight is 190 g/mol. The second-order valence-corrected chi connectivity index (χ2v) is 2.35. The fourth-order valence-corrected chi connectivity index (χ4v) is 0.743. The molecule has 1 aromatic heterocycles. The van der Waals surface area contributed by atoms with Gasteiger partial charge in [-0.3, -0.25) is 4.79 Å². The maximum absolute atomic E-state index is 10.4. The lowest BCUT2D eigenvalue weighted by atomic mass is 10.8. The first-order valence-corrected chi connectivity index (χ1v) is 3.55. The first kappa shape index (κ1) is 9.31. The molecule has 0 aliphatic carbocycles. The molecule has 0 saturated carbocycles. The Bertz CT molecular complexity index is 325. The van der Waals surface area contributed by atoms with Crippen LogP contribution in [0.2, 0.25) is 0 Å². The van der Waals surface area contributed by atoms with Gasteiger partial charge in [-0.2, -0.15) is 0 Å². The fourth-order valence-electron chi connectivity index (χ4n) is 0.743. The molecule has 1 heterocycles. The summed E-state index contributed by atoms with van der Waals surface area (Å²) in [6.45, 7) is 1.23. The molecule has 5 nitrogen and oxygen atoms in total. The maximum atomic E-state index is 10.4. The third-order valence-corrected chi connectivity index (χ3v) is 1.29. The van der Waals surface area contributed by atoms with Crippen LogP contribution in [0.5, 0.6) is 0 Å². The minimum atomic E-state index is -1.14. The van der Waals surface area contributed by atoms with Gasteiger partial charge < -0.3 is 14.3 Å². The molecule has 13 heavy (non-hydrogen) atoms. The van der Waals surface area contributed by atoms with Gasteiger partial charge in [0.2, 0.25) is 5.76 Å². The van der Waals surface area contributed by atoms with E-state index in [2.05, 4.69) is 4.74 Å². The highest BCUT2D eigenvalue weighted by Crippen LogP contribution is 2.08. The molecule has 1 N–H and O–H groups in total. The van der Waals surface area contributed by atoms with Gasteiger partial charge in [-0.1, -0.05) is 0 Å². The van der Waals surface area contributed by atoms with Crippen molar-refractivity contribution in [3.05, 3.63) is 23.7 Å². The maximum Gasteiger partial charge on any atom is 0.371 e. The molecule has 0 fully saturated rings. The van der Waals surface area contributed by atoms with Gasteiger partial charge in [0.15, 0.2) is 0 Å². The summed E-state index contributed by atoms with van der Waals surface area (Å²) in [5.74, 6) is -1.43. The molecule has 0 spiro atoms. The number of carbonyl (C=O) groups excluding carboxylic acids is 1. The number of hydrogen-bond donors (Lipinski definition) is 1. The molecule has 0 amide bonds. The third-order valence-electron chi connectivity index (χ3n) is 1.29. The monoisotopic (exact) mass is 190 g/mol. The van der Waals surface area contributed by atoms with Gasteiger partial charge in [-0.25, -0.2) is 4.79 Å². The second-order valence-electron chi connectivity index (χ2n) is 2.35. The van der Waals surface area contributed by atoms with Crippen LogP contribution in [0.1, 0.15) is 23.2 Å². The molecule has 5 heteroatoms. The number of rotatable bonds is 3. The molecule has 1 aromatic rings. The van der Waals surface area contributed by atoms with Gasteiger partial charge in [0.05, 0.1) is 0 Å². The van der Waals surface area contributed by atoms with Crippen molar-refractivity contribution in [3.63, 3.8) is 0 Å². The zero-order valence-corrected chi connectivity index (χ0v) is 6.94. The Morgan fingerprint density at radius 3 is 2.69 bits per heavy atom. The van der Waals surface area contributed by atoms with E-state index in [0.29, 0.717) is 5.76 Å². The zero-order chi connectivity index (χ0) is 9.84. The molecule has 0 bridgehead atoms. The molecule has 0 aliphatic rings. The van der Waals surface area contributed by atoms with Gasteiger partial charge in [-0.15, -0.1) is 0 Å². The highest BCUT2D eigenvalue weighted by Gasteiger charge is 2.09. The lowest BCUT2D eigenvalue weighted by Gasteiger charge is -1.96. The minimum absolute atomic E-state index is 0.0391. The standard InChI is InChI=1S/C8H8O5/c1-5(9)12-4-6-2-3-7(13-6)8(10)11/h2-3H,4H2,1H3,(H,10,11)/i2+1,3+1,4+1,6+1,7+1,8+1. The van der Waals surface area contributed by atoms with E-state index >= 15 is 0 Å². The number of furan rings is 1. The Hall–Kier alpha value is -1.78. The summed E-state index contributed by atoms with van der Waals surface area (Å²) in [4.78, 5) is 20.7. The highest BCUT2D eigenvalue weighted by atomic mass is 16.6. The van der Waals surface area contributed by atoms with E-state index in [1.165, 1.54) is 19.1 Å². The van der Waals surface area contributed by atoms with Crippen molar-refractivity contribution in [1.29, 1.82) is 0 Å². The number of aromatic carboxylic acids is 1. The number of carboxylic acids is 1. The zero-order valence-electron chi connectivity index (χ0n) is 6.94.